The number of hydrogen-bond donors (Lipinski definition) is 2. The molecule has 0 spiro atoms. The van der Waals surface area contributed by atoms with Gasteiger partial charge in [0.05, 0.1) is 18.5 Å². The van der Waals surface area contributed by atoms with Gasteiger partial charge in [0.2, 0.25) is 10.0 Å². The molecule has 0 atom stereocenters. The lowest BCUT2D eigenvalue weighted by Gasteiger charge is -2.12. The minimum atomic E-state index is -3.36. The Morgan fingerprint density at radius 3 is 2.65 bits per heavy atom. The van der Waals surface area contributed by atoms with Gasteiger partial charge in [-0.1, -0.05) is 31.0 Å². The fourth-order valence-corrected chi connectivity index (χ4v) is 3.57. The molecule has 112 valence electrons. The summed E-state index contributed by atoms with van der Waals surface area (Å²) in [5, 5.41) is 0. The highest BCUT2D eigenvalue weighted by Crippen LogP contribution is 2.20. The zero-order valence-corrected chi connectivity index (χ0v) is 12.4. The van der Waals surface area contributed by atoms with Crippen molar-refractivity contribution in [1.29, 1.82) is 0 Å². The number of nitrogens with one attached hydrogen (secondary N) is 1. The molecule has 0 amide bonds. The Morgan fingerprint density at radius 2 is 1.95 bits per heavy atom. The van der Waals surface area contributed by atoms with Gasteiger partial charge < -0.3 is 10.5 Å². The summed E-state index contributed by atoms with van der Waals surface area (Å²) in [4.78, 5) is 0. The minimum absolute atomic E-state index is 0.0941. The van der Waals surface area contributed by atoms with Gasteiger partial charge in [-0.25, -0.2) is 13.1 Å². The second-order valence-electron chi connectivity index (χ2n) is 5.13. The van der Waals surface area contributed by atoms with E-state index in [4.69, 9.17) is 10.5 Å². The third-order valence-corrected chi connectivity index (χ3v) is 4.82. The predicted molar refractivity (Wildman–Crippen MR) is 79.7 cm³/mol. The summed E-state index contributed by atoms with van der Waals surface area (Å²) in [6.07, 6.45) is 4.91. The number of rotatable bonds is 7. The second kappa shape index (κ2) is 7.06. The molecular formula is C14H22N2O3S. The molecule has 0 bridgehead atoms. The molecule has 3 N–H and O–H groups in total. The predicted octanol–water partition coefficient (Wildman–Crippen LogP) is 1.65. The van der Waals surface area contributed by atoms with Crippen LogP contribution in [0.2, 0.25) is 0 Å². The van der Waals surface area contributed by atoms with Crippen molar-refractivity contribution in [3.05, 3.63) is 29.8 Å². The van der Waals surface area contributed by atoms with E-state index in [1.165, 1.54) is 12.8 Å². The van der Waals surface area contributed by atoms with Crippen LogP contribution in [-0.2, 0) is 20.5 Å². The smallest absolute Gasteiger partial charge is 0.215 e. The van der Waals surface area contributed by atoms with Gasteiger partial charge in [-0.2, -0.15) is 0 Å². The standard InChI is InChI=1S/C14H22N2O3S/c15-14-8-4-1-5-12(14)11-20(17,18)16-9-10-19-13-6-2-3-7-13/h1,4-5,8,13,16H,2-3,6-7,9-11,15H2. The topological polar surface area (TPSA) is 81.4 Å². The number of benzene rings is 1. The fourth-order valence-electron chi connectivity index (χ4n) is 2.40. The largest absolute Gasteiger partial charge is 0.398 e. The van der Waals surface area contributed by atoms with E-state index in [-0.39, 0.29) is 5.75 Å². The fraction of sp³-hybridized carbons (Fsp3) is 0.571. The summed E-state index contributed by atoms with van der Waals surface area (Å²) in [5.41, 5.74) is 6.87. The lowest BCUT2D eigenvalue weighted by molar-refractivity contribution is 0.0626. The molecule has 1 aromatic rings. The van der Waals surface area contributed by atoms with Gasteiger partial charge in [0.15, 0.2) is 0 Å². The number of nitrogen functional groups attached to an aromatic ring is 1. The van der Waals surface area contributed by atoms with E-state index in [0.717, 1.165) is 12.8 Å². The Kier molecular flexibility index (Phi) is 5.39. The Balaban J connectivity index is 1.75. The SMILES string of the molecule is Nc1ccccc1CS(=O)(=O)NCCOC1CCCC1. The molecule has 20 heavy (non-hydrogen) atoms. The van der Waals surface area contributed by atoms with Crippen molar-refractivity contribution in [2.75, 3.05) is 18.9 Å². The van der Waals surface area contributed by atoms with Gasteiger partial charge in [0.25, 0.3) is 0 Å². The van der Waals surface area contributed by atoms with Crippen LogP contribution in [0.25, 0.3) is 0 Å². The van der Waals surface area contributed by atoms with E-state index >= 15 is 0 Å². The first-order valence-corrected chi connectivity index (χ1v) is 8.64. The van der Waals surface area contributed by atoms with Crippen LogP contribution < -0.4 is 10.5 Å². The summed E-state index contributed by atoms with van der Waals surface area (Å²) in [6, 6.07) is 7.00. The molecule has 0 unspecified atom stereocenters. The molecule has 5 nitrogen and oxygen atoms in total. The van der Waals surface area contributed by atoms with Crippen LogP contribution in [-0.4, -0.2) is 27.7 Å². The molecule has 1 aliphatic carbocycles. The quantitative estimate of drug-likeness (QED) is 0.592. The highest BCUT2D eigenvalue weighted by Gasteiger charge is 2.16. The molecule has 1 saturated carbocycles. The van der Waals surface area contributed by atoms with Crippen LogP contribution in [0.4, 0.5) is 5.69 Å². The maximum Gasteiger partial charge on any atom is 0.215 e. The van der Waals surface area contributed by atoms with Crippen molar-refractivity contribution in [2.24, 2.45) is 0 Å². The minimum Gasteiger partial charge on any atom is -0.398 e. The monoisotopic (exact) mass is 298 g/mol. The number of nitrogens with two attached hydrogens (primary N) is 1. The van der Waals surface area contributed by atoms with Crippen molar-refractivity contribution >= 4 is 15.7 Å². The molecule has 1 aromatic carbocycles. The maximum absolute atomic E-state index is 11.9. The van der Waals surface area contributed by atoms with E-state index in [1.807, 2.05) is 0 Å². The molecule has 0 aliphatic heterocycles. The average Bonchev–Trinajstić information content (AvgIpc) is 2.90. The van der Waals surface area contributed by atoms with Gasteiger partial charge in [-0.05, 0) is 24.5 Å². The molecule has 0 saturated heterocycles. The molecule has 1 fully saturated rings. The molecular weight excluding hydrogens is 276 g/mol. The zero-order valence-electron chi connectivity index (χ0n) is 11.5. The van der Waals surface area contributed by atoms with Crippen LogP contribution in [0.15, 0.2) is 24.3 Å². The summed E-state index contributed by atoms with van der Waals surface area (Å²) >= 11 is 0. The number of ether oxygens (including phenoxy) is 1. The summed E-state index contributed by atoms with van der Waals surface area (Å²) in [5.74, 6) is -0.0941. The number of hydrogen-bond acceptors (Lipinski definition) is 4. The normalized spacial score (nSPS) is 16.6. The third kappa shape index (κ3) is 4.77. The number of sulfonamides is 1. The number of para-hydroxylation sites is 1. The van der Waals surface area contributed by atoms with E-state index in [0.29, 0.717) is 30.5 Å². The van der Waals surface area contributed by atoms with Crippen molar-refractivity contribution < 1.29 is 13.2 Å². The van der Waals surface area contributed by atoms with Gasteiger partial charge >= 0.3 is 0 Å². The van der Waals surface area contributed by atoms with E-state index < -0.39 is 10.0 Å². The maximum atomic E-state index is 11.9. The van der Waals surface area contributed by atoms with Crippen molar-refractivity contribution in [2.45, 2.75) is 37.5 Å². The lowest BCUT2D eigenvalue weighted by Crippen LogP contribution is -2.29. The Hall–Kier alpha value is -1.11. The Labute approximate surface area is 120 Å². The first-order valence-electron chi connectivity index (χ1n) is 6.99. The van der Waals surface area contributed by atoms with Crippen LogP contribution in [0.3, 0.4) is 0 Å². The van der Waals surface area contributed by atoms with E-state index in [9.17, 15) is 8.42 Å². The van der Waals surface area contributed by atoms with Crippen molar-refractivity contribution in [3.63, 3.8) is 0 Å². The third-order valence-electron chi connectivity index (χ3n) is 3.48. The summed E-state index contributed by atoms with van der Waals surface area (Å²) in [6.45, 7) is 0.736. The average molecular weight is 298 g/mol. The number of anilines is 1. The molecule has 0 aromatic heterocycles. The van der Waals surface area contributed by atoms with Crippen LogP contribution in [0.1, 0.15) is 31.2 Å². The highest BCUT2D eigenvalue weighted by molar-refractivity contribution is 7.88. The molecule has 0 heterocycles. The first-order chi connectivity index (χ1) is 9.57. The van der Waals surface area contributed by atoms with Crippen molar-refractivity contribution in [3.8, 4) is 0 Å². The highest BCUT2D eigenvalue weighted by atomic mass is 32.2. The summed E-state index contributed by atoms with van der Waals surface area (Å²) in [7, 11) is -3.36. The first kappa shape index (κ1) is 15.3. The molecule has 1 aliphatic rings. The summed E-state index contributed by atoms with van der Waals surface area (Å²) < 4.78 is 32.0. The second-order valence-corrected chi connectivity index (χ2v) is 6.94. The Morgan fingerprint density at radius 1 is 1.25 bits per heavy atom. The van der Waals surface area contributed by atoms with E-state index in [1.54, 1.807) is 24.3 Å². The van der Waals surface area contributed by atoms with Gasteiger partial charge in [-0.3, -0.25) is 0 Å². The van der Waals surface area contributed by atoms with E-state index in [2.05, 4.69) is 4.72 Å². The van der Waals surface area contributed by atoms with Gasteiger partial charge in [-0.15, -0.1) is 0 Å². The van der Waals surface area contributed by atoms with Crippen molar-refractivity contribution in [1.82, 2.24) is 4.72 Å². The molecule has 2 rings (SSSR count). The van der Waals surface area contributed by atoms with Gasteiger partial charge in [0.1, 0.15) is 0 Å². The lowest BCUT2D eigenvalue weighted by atomic mass is 10.2. The van der Waals surface area contributed by atoms with Gasteiger partial charge in [0, 0.05) is 12.2 Å². The molecule has 0 radical (unpaired) electrons. The Bertz CT molecular complexity index is 525. The van der Waals surface area contributed by atoms with Crippen LogP contribution >= 0.6 is 0 Å². The molecule has 6 heteroatoms. The van der Waals surface area contributed by atoms with Crippen LogP contribution in [0, 0.1) is 0 Å². The van der Waals surface area contributed by atoms with Crippen LogP contribution in [0.5, 0.6) is 0 Å². The zero-order chi connectivity index (χ0) is 14.4.